The molecule has 0 aromatic heterocycles. The first-order chi connectivity index (χ1) is 17.4. The third-order valence-corrected chi connectivity index (χ3v) is 6.41. The van der Waals surface area contributed by atoms with Crippen LogP contribution in [-0.4, -0.2) is 83.4 Å². The molecule has 0 radical (unpaired) electrons. The van der Waals surface area contributed by atoms with E-state index in [1.165, 1.54) is 4.90 Å². The maximum Gasteiger partial charge on any atom is 0.332 e. The Morgan fingerprint density at radius 2 is 1.95 bits per heavy atom. The van der Waals surface area contributed by atoms with Crippen LogP contribution in [-0.2, 0) is 33.4 Å². The van der Waals surface area contributed by atoms with Gasteiger partial charge in [0.25, 0.3) is 0 Å². The molecule has 1 saturated heterocycles. The number of hydrogen-bond donors (Lipinski definition) is 2. The number of carbonyl (C=O) groups excluding carboxylic acids is 4. The Morgan fingerprint density at radius 3 is 2.51 bits per heavy atom. The highest BCUT2D eigenvalue weighted by molar-refractivity contribution is 5.96. The maximum absolute atomic E-state index is 13.6. The van der Waals surface area contributed by atoms with Crippen LogP contribution in [0.5, 0.6) is 0 Å². The van der Waals surface area contributed by atoms with E-state index in [4.69, 9.17) is 14.2 Å². The number of aliphatic hydroxyl groups is 1. The molecule has 0 spiro atoms. The summed E-state index contributed by atoms with van der Waals surface area (Å²) in [6, 6.07) is -0.988. The highest BCUT2D eigenvalue weighted by Gasteiger charge is 2.62. The molecule has 2 aliphatic rings. The quantitative estimate of drug-likeness (QED) is 0.201. The monoisotopic (exact) mass is 522 g/mol. The van der Waals surface area contributed by atoms with Gasteiger partial charge in [-0.05, 0) is 47.0 Å². The summed E-state index contributed by atoms with van der Waals surface area (Å²) in [5, 5.41) is 13.1. The molecule has 0 bridgehead atoms. The number of amides is 2. The third-order valence-electron chi connectivity index (χ3n) is 6.41. The van der Waals surface area contributed by atoms with Gasteiger partial charge < -0.3 is 29.5 Å². The smallest absolute Gasteiger partial charge is 0.332 e. The number of aliphatic hydroxyl groups excluding tert-OH is 1. The summed E-state index contributed by atoms with van der Waals surface area (Å²) in [5.74, 6) is -3.08. The van der Waals surface area contributed by atoms with Gasteiger partial charge >= 0.3 is 11.9 Å². The summed E-state index contributed by atoms with van der Waals surface area (Å²) in [7, 11) is 0. The van der Waals surface area contributed by atoms with Crippen LogP contribution in [0.15, 0.2) is 25.3 Å². The van der Waals surface area contributed by atoms with Crippen molar-refractivity contribution in [2.45, 2.75) is 83.1 Å². The van der Waals surface area contributed by atoms with Gasteiger partial charge in [-0.1, -0.05) is 12.2 Å². The van der Waals surface area contributed by atoms with Crippen LogP contribution in [0.25, 0.3) is 0 Å². The Kier molecular flexibility index (Phi) is 10.9. The molecule has 208 valence electrons. The Hall–Kier alpha value is -2.72. The predicted octanol–water partition coefficient (Wildman–Crippen LogP) is 1.90. The molecule has 0 aromatic carbocycles. The first kappa shape index (κ1) is 30.5. The summed E-state index contributed by atoms with van der Waals surface area (Å²) >= 11 is 0. The second-order valence-corrected chi connectivity index (χ2v) is 10.6. The van der Waals surface area contributed by atoms with Crippen LogP contribution in [0, 0.1) is 11.8 Å². The van der Waals surface area contributed by atoms with Crippen molar-refractivity contribution in [3.8, 4) is 0 Å². The second kappa shape index (κ2) is 13.2. The minimum Gasteiger partial charge on any atom is -0.464 e. The number of carbonyl (C=O) groups is 4. The van der Waals surface area contributed by atoms with Crippen LogP contribution in [0.2, 0.25) is 0 Å². The number of esters is 2. The van der Waals surface area contributed by atoms with Gasteiger partial charge in [-0.15, -0.1) is 13.2 Å². The topological polar surface area (TPSA) is 131 Å². The number of ether oxygens (including phenoxy) is 3. The molecule has 10 nitrogen and oxygen atoms in total. The number of hydrogen-bond acceptors (Lipinski definition) is 8. The first-order valence-electron chi connectivity index (χ1n) is 12.9. The molecule has 2 rings (SSSR count). The minimum absolute atomic E-state index is 0.0246. The Morgan fingerprint density at radius 1 is 1.24 bits per heavy atom. The van der Waals surface area contributed by atoms with Crippen molar-refractivity contribution in [3.63, 3.8) is 0 Å². The van der Waals surface area contributed by atoms with E-state index >= 15 is 0 Å². The van der Waals surface area contributed by atoms with Crippen LogP contribution < -0.4 is 5.32 Å². The van der Waals surface area contributed by atoms with Gasteiger partial charge in [0, 0.05) is 31.4 Å². The molecule has 0 aromatic rings. The summed E-state index contributed by atoms with van der Waals surface area (Å²) in [4.78, 5) is 53.4. The highest BCUT2D eigenvalue weighted by atomic mass is 16.6. The molecule has 10 heteroatoms. The van der Waals surface area contributed by atoms with Crippen LogP contribution in [0.3, 0.4) is 0 Å². The van der Waals surface area contributed by atoms with E-state index in [9.17, 15) is 24.3 Å². The van der Waals surface area contributed by atoms with Crippen LogP contribution in [0.1, 0.15) is 59.8 Å². The van der Waals surface area contributed by atoms with Gasteiger partial charge in [-0.2, -0.15) is 0 Å². The second-order valence-electron chi connectivity index (χ2n) is 10.6. The van der Waals surface area contributed by atoms with Gasteiger partial charge in [-0.3, -0.25) is 14.4 Å². The number of nitrogens with zero attached hydrogens (tertiary/aromatic N) is 1. The Labute approximate surface area is 219 Å². The Balaban J connectivity index is 2.17. The number of nitrogens with one attached hydrogen (secondary N) is 1. The van der Waals surface area contributed by atoms with E-state index in [0.717, 1.165) is 0 Å². The van der Waals surface area contributed by atoms with E-state index in [1.54, 1.807) is 39.8 Å². The summed E-state index contributed by atoms with van der Waals surface area (Å²) < 4.78 is 16.0. The molecule has 2 amide bonds. The molecule has 0 unspecified atom stereocenters. The van der Waals surface area contributed by atoms with E-state index in [0.29, 0.717) is 32.5 Å². The molecule has 5 atom stereocenters. The van der Waals surface area contributed by atoms with Crippen LogP contribution >= 0.6 is 0 Å². The largest absolute Gasteiger partial charge is 0.464 e. The Bertz CT molecular complexity index is 867. The van der Waals surface area contributed by atoms with Crippen molar-refractivity contribution in [2.24, 2.45) is 11.8 Å². The fraction of sp³-hybridized carbons (Fsp3) is 0.704. The lowest BCUT2D eigenvalue weighted by Gasteiger charge is -2.29. The van der Waals surface area contributed by atoms with Gasteiger partial charge in [0.1, 0.15) is 17.2 Å². The normalized spacial score (nSPS) is 25.6. The SMILES string of the molecule is C=CCOCCC[C@H](CC(=O)OC(C)(C)C)C(=O)N1C[C@H](O)C[C@H]1C(=O)N[C@]1(C(=O)OCC)C[C@H]1C=C. The average molecular weight is 523 g/mol. The molecule has 2 N–H and O–H groups in total. The lowest BCUT2D eigenvalue weighted by Crippen LogP contribution is -2.54. The zero-order chi connectivity index (χ0) is 27.8. The predicted molar refractivity (Wildman–Crippen MR) is 136 cm³/mol. The average Bonchev–Trinajstić information content (AvgIpc) is 3.39. The minimum atomic E-state index is -1.21. The number of β-amino-alcohol motifs (C(OH)–C–C–N with tert-alkyl or cyclic N) is 1. The summed E-state index contributed by atoms with van der Waals surface area (Å²) in [5.41, 5.74) is -1.92. The molecule has 1 aliphatic heterocycles. The first-order valence-corrected chi connectivity index (χ1v) is 12.9. The molecule has 1 heterocycles. The van der Waals surface area contributed by atoms with Crippen molar-refractivity contribution in [1.82, 2.24) is 10.2 Å². The summed E-state index contributed by atoms with van der Waals surface area (Å²) in [6.07, 6.45) is 3.37. The lowest BCUT2D eigenvalue weighted by molar-refractivity contribution is -0.159. The zero-order valence-corrected chi connectivity index (χ0v) is 22.5. The fourth-order valence-electron chi connectivity index (χ4n) is 4.60. The van der Waals surface area contributed by atoms with Gasteiger partial charge in [0.05, 0.1) is 25.7 Å². The van der Waals surface area contributed by atoms with Crippen molar-refractivity contribution in [3.05, 3.63) is 25.3 Å². The van der Waals surface area contributed by atoms with Crippen molar-refractivity contribution in [1.29, 1.82) is 0 Å². The van der Waals surface area contributed by atoms with E-state index in [2.05, 4.69) is 18.5 Å². The molecular formula is C27H42N2O8. The van der Waals surface area contributed by atoms with E-state index in [-0.39, 0.29) is 31.9 Å². The highest BCUT2D eigenvalue weighted by Crippen LogP contribution is 2.45. The lowest BCUT2D eigenvalue weighted by atomic mass is 9.97. The molecule has 37 heavy (non-hydrogen) atoms. The standard InChI is InChI=1S/C27H42N2O8/c1-7-12-35-13-10-11-18(14-22(31)37-26(4,5)6)24(33)29-17-20(30)15-21(29)23(32)28-27(16-19(27)8-2)25(34)36-9-3/h7-8,18-21,30H,1-2,9-17H2,3-6H3,(H,28,32)/t18-,19-,20-,21+,27-/m1/s1. The van der Waals surface area contributed by atoms with Crippen molar-refractivity contribution >= 4 is 23.8 Å². The number of rotatable bonds is 14. The summed E-state index contributed by atoms with van der Waals surface area (Å²) in [6.45, 7) is 15.1. The van der Waals surface area contributed by atoms with Gasteiger partial charge in [-0.25, -0.2) is 4.79 Å². The molecule has 2 fully saturated rings. The molecule has 1 saturated carbocycles. The number of likely N-dealkylation sites (tertiary alicyclic amines) is 1. The van der Waals surface area contributed by atoms with Crippen LogP contribution in [0.4, 0.5) is 0 Å². The van der Waals surface area contributed by atoms with Crippen molar-refractivity contribution < 1.29 is 38.5 Å². The van der Waals surface area contributed by atoms with Gasteiger partial charge in [0.2, 0.25) is 11.8 Å². The van der Waals surface area contributed by atoms with Gasteiger partial charge in [0.15, 0.2) is 0 Å². The molecular weight excluding hydrogens is 480 g/mol. The third kappa shape index (κ3) is 8.39. The zero-order valence-electron chi connectivity index (χ0n) is 22.5. The van der Waals surface area contributed by atoms with Crippen molar-refractivity contribution in [2.75, 3.05) is 26.4 Å². The van der Waals surface area contributed by atoms with E-state index < -0.39 is 53.0 Å². The molecule has 1 aliphatic carbocycles. The fourth-order valence-corrected chi connectivity index (χ4v) is 4.60. The van der Waals surface area contributed by atoms with E-state index in [1.807, 2.05) is 0 Å². The maximum atomic E-state index is 13.6.